The van der Waals surface area contributed by atoms with E-state index in [9.17, 15) is 9.59 Å². The number of hydrogen-bond acceptors (Lipinski definition) is 7. The van der Waals surface area contributed by atoms with E-state index in [1.54, 1.807) is 0 Å². The fourth-order valence-corrected chi connectivity index (χ4v) is 5.84. The van der Waals surface area contributed by atoms with Gasteiger partial charge in [0.05, 0.1) is 11.6 Å². The first-order valence-corrected chi connectivity index (χ1v) is 12.6. The third-order valence-electron chi connectivity index (χ3n) is 5.93. The van der Waals surface area contributed by atoms with E-state index >= 15 is 0 Å². The van der Waals surface area contributed by atoms with Crippen molar-refractivity contribution in [3.8, 4) is 21.1 Å². The number of rotatable bonds is 6. The molecule has 0 aliphatic heterocycles. The maximum atomic E-state index is 12.9. The lowest BCUT2D eigenvalue weighted by atomic mass is 10.1. The highest BCUT2D eigenvalue weighted by atomic mass is 32.1. The molecule has 8 nitrogen and oxygen atoms in total. The minimum Gasteiger partial charge on any atom is -0.382 e. The number of aromatic nitrogens is 2. The fraction of sp³-hybridized carbons (Fsp3) is 0.333. The van der Waals surface area contributed by atoms with Crippen molar-refractivity contribution < 1.29 is 9.59 Å². The molecule has 34 heavy (non-hydrogen) atoms. The molecule has 10 heteroatoms. The number of thiazole rings is 2. The standard InChI is InChI=1S/C24H28N6O2S2/c1-12(2)9-15-17(24(15,3)4)20(31)27-14-8-6-7-13(10-14)16-11-33-21(28-16)18-19(25)29-23(34-18)30-22(32)26-5/h6-11,15,17H,25H2,1-5H3,(H,27,31)(H2,26,29,30,32). The number of nitrogens with zero attached hydrogens (tertiary/aromatic N) is 2. The molecule has 4 rings (SSSR count). The summed E-state index contributed by atoms with van der Waals surface area (Å²) >= 11 is 2.72. The number of carbonyl (C=O) groups excluding carboxylic acids is 2. The first-order chi connectivity index (χ1) is 16.1. The predicted molar refractivity (Wildman–Crippen MR) is 140 cm³/mol. The smallest absolute Gasteiger partial charge is 0.320 e. The lowest BCUT2D eigenvalue weighted by Gasteiger charge is -2.07. The number of carbonyl (C=O) groups is 2. The van der Waals surface area contributed by atoms with E-state index in [0.29, 0.717) is 20.8 Å². The van der Waals surface area contributed by atoms with Gasteiger partial charge in [0.15, 0.2) is 5.13 Å². The van der Waals surface area contributed by atoms with Crippen molar-refractivity contribution in [1.29, 1.82) is 0 Å². The largest absolute Gasteiger partial charge is 0.382 e. The fourth-order valence-electron chi connectivity index (χ4n) is 4.03. The molecule has 3 aromatic rings. The number of nitrogen functional groups attached to an aromatic ring is 1. The van der Waals surface area contributed by atoms with Crippen LogP contribution >= 0.6 is 22.7 Å². The van der Waals surface area contributed by atoms with Gasteiger partial charge in [0.1, 0.15) is 15.7 Å². The molecule has 2 unspecified atom stereocenters. The Bertz CT molecular complexity index is 1270. The second-order valence-corrected chi connectivity index (χ2v) is 11.0. The molecule has 1 aliphatic carbocycles. The average molecular weight is 497 g/mol. The zero-order valence-electron chi connectivity index (χ0n) is 19.7. The normalized spacial score (nSPS) is 18.1. The number of benzene rings is 1. The maximum Gasteiger partial charge on any atom is 0.320 e. The summed E-state index contributed by atoms with van der Waals surface area (Å²) in [4.78, 5) is 34.1. The third kappa shape index (κ3) is 4.83. The highest BCUT2D eigenvalue weighted by Gasteiger charge is 2.60. The van der Waals surface area contributed by atoms with Crippen LogP contribution in [0.3, 0.4) is 0 Å². The molecule has 2 aromatic heterocycles. The van der Waals surface area contributed by atoms with Gasteiger partial charge in [0.25, 0.3) is 0 Å². The van der Waals surface area contributed by atoms with E-state index in [-0.39, 0.29) is 29.2 Å². The predicted octanol–water partition coefficient (Wildman–Crippen LogP) is 5.44. The summed E-state index contributed by atoms with van der Waals surface area (Å²) in [7, 11) is 1.53. The molecule has 0 bridgehead atoms. The van der Waals surface area contributed by atoms with Gasteiger partial charge < -0.3 is 16.4 Å². The number of nitrogens with one attached hydrogen (secondary N) is 3. The summed E-state index contributed by atoms with van der Waals surface area (Å²) in [6, 6.07) is 7.31. The molecule has 1 fully saturated rings. The number of anilines is 3. The number of amides is 3. The maximum absolute atomic E-state index is 12.9. The van der Waals surface area contributed by atoms with Crippen LogP contribution in [0.1, 0.15) is 27.7 Å². The Balaban J connectivity index is 1.50. The van der Waals surface area contributed by atoms with E-state index in [0.717, 1.165) is 16.9 Å². The molecule has 0 saturated heterocycles. The van der Waals surface area contributed by atoms with Crippen molar-refractivity contribution in [2.75, 3.05) is 23.4 Å². The highest BCUT2D eigenvalue weighted by Crippen LogP contribution is 2.59. The Labute approximate surface area is 206 Å². The summed E-state index contributed by atoms with van der Waals surface area (Å²) < 4.78 is 0. The monoisotopic (exact) mass is 496 g/mol. The first-order valence-electron chi connectivity index (χ1n) is 10.9. The molecule has 0 radical (unpaired) electrons. The Morgan fingerprint density at radius 3 is 2.65 bits per heavy atom. The quantitative estimate of drug-likeness (QED) is 0.338. The molecule has 1 saturated carbocycles. The van der Waals surface area contributed by atoms with Gasteiger partial charge in [-0.05, 0) is 37.3 Å². The van der Waals surface area contributed by atoms with Gasteiger partial charge in [-0.25, -0.2) is 14.8 Å². The second kappa shape index (κ2) is 9.19. The summed E-state index contributed by atoms with van der Waals surface area (Å²) in [6.07, 6.45) is 2.19. The second-order valence-electron chi connectivity index (χ2n) is 9.11. The topological polar surface area (TPSA) is 122 Å². The molecular weight excluding hydrogens is 468 g/mol. The third-order valence-corrected chi connectivity index (χ3v) is 7.91. The van der Waals surface area contributed by atoms with Crippen LogP contribution in [0, 0.1) is 17.3 Å². The van der Waals surface area contributed by atoms with Crippen molar-refractivity contribution in [3.05, 3.63) is 41.3 Å². The van der Waals surface area contributed by atoms with E-state index in [1.165, 1.54) is 35.3 Å². The molecule has 1 aromatic carbocycles. The molecule has 5 N–H and O–H groups in total. The molecular formula is C24H28N6O2S2. The van der Waals surface area contributed by atoms with Gasteiger partial charge in [-0.2, -0.15) is 0 Å². The molecule has 1 aliphatic rings. The van der Waals surface area contributed by atoms with Gasteiger partial charge in [0.2, 0.25) is 5.91 Å². The minimum absolute atomic E-state index is 0.0381. The summed E-state index contributed by atoms with van der Waals surface area (Å²) in [5.74, 6) is 0.576. The Morgan fingerprint density at radius 2 is 1.94 bits per heavy atom. The number of hydrogen-bond donors (Lipinski definition) is 4. The molecule has 2 heterocycles. The molecule has 3 amide bonds. The van der Waals surface area contributed by atoms with Crippen LogP contribution in [0.15, 0.2) is 41.3 Å². The van der Waals surface area contributed by atoms with Crippen LogP contribution in [0.4, 0.5) is 21.4 Å². The lowest BCUT2D eigenvalue weighted by molar-refractivity contribution is -0.118. The zero-order valence-corrected chi connectivity index (χ0v) is 21.4. The zero-order chi connectivity index (χ0) is 24.6. The SMILES string of the molecule is CNC(=O)Nc1nc(N)c(-c2nc(-c3cccc(NC(=O)C4C(C=C(C)C)C4(C)C)c3)cs2)s1. The van der Waals surface area contributed by atoms with Crippen LogP contribution in [0.5, 0.6) is 0 Å². The Hall–Kier alpha value is -3.24. The van der Waals surface area contributed by atoms with Crippen molar-refractivity contribution >= 4 is 51.2 Å². The van der Waals surface area contributed by atoms with Crippen molar-refractivity contribution in [2.24, 2.45) is 17.3 Å². The van der Waals surface area contributed by atoms with E-state index in [2.05, 4.69) is 54.7 Å². The van der Waals surface area contributed by atoms with Gasteiger partial charge >= 0.3 is 6.03 Å². The Morgan fingerprint density at radius 1 is 1.18 bits per heavy atom. The van der Waals surface area contributed by atoms with Gasteiger partial charge in [-0.15, -0.1) is 11.3 Å². The highest BCUT2D eigenvalue weighted by molar-refractivity contribution is 7.23. The van der Waals surface area contributed by atoms with Gasteiger partial charge in [0, 0.05) is 23.7 Å². The van der Waals surface area contributed by atoms with Crippen LogP contribution in [0.2, 0.25) is 0 Å². The van der Waals surface area contributed by atoms with Gasteiger partial charge in [-0.1, -0.05) is 49.0 Å². The molecule has 2 atom stereocenters. The number of urea groups is 1. The molecule has 0 spiro atoms. The van der Waals surface area contributed by atoms with Crippen LogP contribution < -0.4 is 21.7 Å². The lowest BCUT2D eigenvalue weighted by Crippen LogP contribution is -2.24. The average Bonchev–Trinajstić information content (AvgIpc) is 3.13. The van der Waals surface area contributed by atoms with E-state index < -0.39 is 0 Å². The van der Waals surface area contributed by atoms with Crippen molar-refractivity contribution in [1.82, 2.24) is 15.3 Å². The first kappa shape index (κ1) is 23.9. The van der Waals surface area contributed by atoms with Crippen molar-refractivity contribution in [2.45, 2.75) is 27.7 Å². The van der Waals surface area contributed by atoms with E-state index in [4.69, 9.17) is 10.7 Å². The molecule has 178 valence electrons. The number of nitrogens with two attached hydrogens (primary N) is 1. The van der Waals surface area contributed by atoms with E-state index in [1.807, 2.05) is 29.6 Å². The van der Waals surface area contributed by atoms with Crippen LogP contribution in [0.25, 0.3) is 21.1 Å². The summed E-state index contributed by atoms with van der Waals surface area (Å²) in [5.41, 5.74) is 9.66. The summed E-state index contributed by atoms with van der Waals surface area (Å²) in [6.45, 7) is 8.40. The minimum atomic E-state index is -0.360. The van der Waals surface area contributed by atoms with Crippen LogP contribution in [-0.4, -0.2) is 29.0 Å². The summed E-state index contributed by atoms with van der Waals surface area (Å²) in [5, 5.41) is 11.3. The number of allylic oxidation sites excluding steroid dienone is 2. The van der Waals surface area contributed by atoms with Crippen LogP contribution in [-0.2, 0) is 4.79 Å². The van der Waals surface area contributed by atoms with Gasteiger partial charge in [-0.3, -0.25) is 10.1 Å². The Kier molecular flexibility index (Phi) is 6.46. The van der Waals surface area contributed by atoms with Crippen molar-refractivity contribution in [3.63, 3.8) is 0 Å².